The fourth-order valence-electron chi connectivity index (χ4n) is 2.76. The molecule has 1 aliphatic rings. The molecule has 0 unspecified atom stereocenters. The Kier molecular flexibility index (Phi) is 12.1. The number of benzene rings is 1. The standard InChI is InChI=1S/C20H29N3O5.Na.H/c1-2-3-11-28-12-7-10-21-18(24)15(13-14-8-5-4-6-9-14)22-19(25)16-17(23-16)20(26)27;;/h4-6,8-9,15-17,23H,2-3,7,10-13H2,1H3,(H,21,24)(H,22,25)(H,26,27);;/q;+1;-1/t15-,16-,17-;;/m0../s1. The minimum Gasteiger partial charge on any atom is -1.00 e. The van der Waals surface area contributed by atoms with Gasteiger partial charge in [-0.1, -0.05) is 43.7 Å². The summed E-state index contributed by atoms with van der Waals surface area (Å²) in [5.74, 6) is -1.85. The maximum Gasteiger partial charge on any atom is 1.00 e. The van der Waals surface area contributed by atoms with Crippen molar-refractivity contribution in [2.24, 2.45) is 0 Å². The van der Waals surface area contributed by atoms with Gasteiger partial charge in [-0.3, -0.25) is 19.7 Å². The van der Waals surface area contributed by atoms with Crippen molar-refractivity contribution in [1.29, 1.82) is 0 Å². The summed E-state index contributed by atoms with van der Waals surface area (Å²) in [6, 6.07) is 6.91. The summed E-state index contributed by atoms with van der Waals surface area (Å²) in [5, 5.41) is 17.0. The molecular formula is C20H30N3NaO5. The molecule has 1 aliphatic heterocycles. The number of nitrogens with one attached hydrogen (secondary N) is 3. The molecule has 2 amide bonds. The quantitative estimate of drug-likeness (QED) is 0.161. The van der Waals surface area contributed by atoms with E-state index in [9.17, 15) is 14.4 Å². The summed E-state index contributed by atoms with van der Waals surface area (Å²) < 4.78 is 5.47. The maximum atomic E-state index is 12.6. The molecule has 0 aromatic heterocycles. The van der Waals surface area contributed by atoms with Crippen molar-refractivity contribution in [3.63, 3.8) is 0 Å². The van der Waals surface area contributed by atoms with Crippen molar-refractivity contribution in [1.82, 2.24) is 16.0 Å². The van der Waals surface area contributed by atoms with Crippen LogP contribution in [0.4, 0.5) is 0 Å². The van der Waals surface area contributed by atoms with Gasteiger partial charge < -0.3 is 21.9 Å². The van der Waals surface area contributed by atoms with Crippen molar-refractivity contribution in [2.75, 3.05) is 19.8 Å². The number of carboxylic acids is 1. The summed E-state index contributed by atoms with van der Waals surface area (Å²) in [4.78, 5) is 35.8. The van der Waals surface area contributed by atoms with Gasteiger partial charge in [0.2, 0.25) is 11.8 Å². The normalized spacial score (nSPS) is 18.2. The van der Waals surface area contributed by atoms with E-state index in [4.69, 9.17) is 9.84 Å². The summed E-state index contributed by atoms with van der Waals surface area (Å²) in [5.41, 5.74) is 0.907. The van der Waals surface area contributed by atoms with Crippen LogP contribution in [0.15, 0.2) is 30.3 Å². The van der Waals surface area contributed by atoms with Gasteiger partial charge in [-0.15, -0.1) is 0 Å². The van der Waals surface area contributed by atoms with Gasteiger partial charge in [-0.2, -0.15) is 0 Å². The van der Waals surface area contributed by atoms with E-state index in [-0.39, 0.29) is 36.9 Å². The molecule has 0 saturated carbocycles. The van der Waals surface area contributed by atoms with Crippen molar-refractivity contribution in [2.45, 2.75) is 50.7 Å². The average Bonchev–Trinajstić information content (AvgIpc) is 3.49. The first-order valence-electron chi connectivity index (χ1n) is 9.71. The van der Waals surface area contributed by atoms with Gasteiger partial charge in [0.1, 0.15) is 18.1 Å². The number of unbranched alkanes of at least 4 members (excludes halogenated alkanes) is 1. The number of aliphatic carboxylic acids is 1. The van der Waals surface area contributed by atoms with E-state index >= 15 is 0 Å². The Bertz CT molecular complexity index is 665. The molecule has 1 aromatic carbocycles. The van der Waals surface area contributed by atoms with E-state index in [0.717, 1.165) is 25.0 Å². The predicted molar refractivity (Wildman–Crippen MR) is 105 cm³/mol. The number of rotatable bonds is 13. The molecule has 2 rings (SSSR count). The second-order valence-electron chi connectivity index (χ2n) is 6.82. The number of carbonyl (C=O) groups excluding carboxylic acids is 2. The van der Waals surface area contributed by atoms with Gasteiger partial charge in [-0.25, -0.2) is 0 Å². The molecule has 1 heterocycles. The van der Waals surface area contributed by atoms with E-state index in [1.165, 1.54) is 0 Å². The van der Waals surface area contributed by atoms with E-state index in [1.54, 1.807) is 0 Å². The number of carboxylic acid groups (broad SMARTS) is 1. The third-order valence-corrected chi connectivity index (χ3v) is 4.45. The Labute approximate surface area is 194 Å². The predicted octanol–water partition coefficient (Wildman–Crippen LogP) is -2.42. The average molecular weight is 415 g/mol. The molecular weight excluding hydrogens is 385 g/mol. The van der Waals surface area contributed by atoms with Crippen LogP contribution in [0.1, 0.15) is 33.2 Å². The molecule has 0 aliphatic carbocycles. The minimum atomic E-state index is -1.08. The summed E-state index contributed by atoms with van der Waals surface area (Å²) in [6.07, 6.45) is 3.11. The second-order valence-corrected chi connectivity index (χ2v) is 6.82. The van der Waals surface area contributed by atoms with E-state index in [2.05, 4.69) is 22.9 Å². The Hall–Kier alpha value is -1.45. The first kappa shape index (κ1) is 25.6. The summed E-state index contributed by atoms with van der Waals surface area (Å²) in [7, 11) is 0. The molecule has 1 aromatic rings. The van der Waals surface area contributed by atoms with Crippen LogP contribution in [0.2, 0.25) is 0 Å². The van der Waals surface area contributed by atoms with Gasteiger partial charge in [0, 0.05) is 26.2 Å². The van der Waals surface area contributed by atoms with E-state index < -0.39 is 30.0 Å². The zero-order chi connectivity index (χ0) is 20.4. The minimum absolute atomic E-state index is 0. The summed E-state index contributed by atoms with van der Waals surface area (Å²) >= 11 is 0. The third kappa shape index (κ3) is 9.27. The van der Waals surface area contributed by atoms with Crippen LogP contribution in [0.3, 0.4) is 0 Å². The Morgan fingerprint density at radius 3 is 2.48 bits per heavy atom. The molecule has 1 saturated heterocycles. The van der Waals surface area contributed by atoms with Crippen molar-refractivity contribution < 1.29 is 55.2 Å². The van der Waals surface area contributed by atoms with Crippen molar-refractivity contribution in [3.05, 3.63) is 35.9 Å². The van der Waals surface area contributed by atoms with Crippen LogP contribution in [0.25, 0.3) is 0 Å². The van der Waals surface area contributed by atoms with Crippen LogP contribution in [-0.4, -0.2) is 60.8 Å². The first-order valence-corrected chi connectivity index (χ1v) is 9.71. The van der Waals surface area contributed by atoms with Gasteiger partial charge in [0.15, 0.2) is 0 Å². The maximum absolute atomic E-state index is 12.6. The van der Waals surface area contributed by atoms with E-state index in [0.29, 0.717) is 26.0 Å². The number of carbonyl (C=O) groups is 3. The third-order valence-electron chi connectivity index (χ3n) is 4.45. The zero-order valence-electron chi connectivity index (χ0n) is 18.1. The van der Waals surface area contributed by atoms with Gasteiger partial charge in [0.25, 0.3) is 0 Å². The number of hydrogen-bond donors (Lipinski definition) is 4. The molecule has 0 bridgehead atoms. The molecule has 29 heavy (non-hydrogen) atoms. The van der Waals surface area contributed by atoms with Crippen LogP contribution in [0, 0.1) is 0 Å². The first-order chi connectivity index (χ1) is 13.5. The van der Waals surface area contributed by atoms with E-state index in [1.807, 2.05) is 30.3 Å². The molecule has 9 heteroatoms. The zero-order valence-corrected chi connectivity index (χ0v) is 19.1. The Morgan fingerprint density at radius 2 is 1.86 bits per heavy atom. The monoisotopic (exact) mass is 415 g/mol. The van der Waals surface area contributed by atoms with Gasteiger partial charge >= 0.3 is 35.5 Å². The molecule has 1 fully saturated rings. The SMILES string of the molecule is CCCCOCCCNC(=O)[C@H](Cc1ccccc1)NC(=O)[C@H]1N[C@@H]1C(=O)O.[H-].[Na+]. The molecule has 8 nitrogen and oxygen atoms in total. The van der Waals surface area contributed by atoms with Gasteiger partial charge in [0.05, 0.1) is 0 Å². The van der Waals surface area contributed by atoms with Crippen LogP contribution in [0.5, 0.6) is 0 Å². The molecule has 4 N–H and O–H groups in total. The van der Waals surface area contributed by atoms with Crippen molar-refractivity contribution in [3.8, 4) is 0 Å². The Morgan fingerprint density at radius 1 is 1.17 bits per heavy atom. The number of amides is 2. The van der Waals surface area contributed by atoms with Crippen LogP contribution >= 0.6 is 0 Å². The largest absolute Gasteiger partial charge is 1.00 e. The van der Waals surface area contributed by atoms with Crippen LogP contribution in [-0.2, 0) is 25.5 Å². The van der Waals surface area contributed by atoms with Crippen molar-refractivity contribution >= 4 is 17.8 Å². The fourth-order valence-corrected chi connectivity index (χ4v) is 2.76. The topological polar surface area (TPSA) is 127 Å². The second kappa shape index (κ2) is 13.7. The molecule has 0 spiro atoms. The molecule has 3 atom stereocenters. The Balaban J connectivity index is 0.00000420. The van der Waals surface area contributed by atoms with Crippen LogP contribution < -0.4 is 45.5 Å². The number of ether oxygens (including phenoxy) is 1. The summed E-state index contributed by atoms with van der Waals surface area (Å²) in [6.45, 7) is 3.84. The fraction of sp³-hybridized carbons (Fsp3) is 0.550. The molecule has 0 radical (unpaired) electrons. The molecule has 156 valence electrons. The number of hydrogen-bond acceptors (Lipinski definition) is 5. The smallest absolute Gasteiger partial charge is 1.00 e. The van der Waals surface area contributed by atoms with Gasteiger partial charge in [-0.05, 0) is 18.4 Å².